The van der Waals surface area contributed by atoms with Crippen LogP contribution in [0.4, 0.5) is 0 Å². The maximum Gasteiger partial charge on any atom is 0.356 e. The van der Waals surface area contributed by atoms with Crippen molar-refractivity contribution < 1.29 is 14.7 Å². The number of carbonyl (C=O) groups is 1. The number of carbonyl (C=O) groups excluding carboxylic acids is 1. The average molecular weight is 235 g/mol. The predicted molar refractivity (Wildman–Crippen MR) is 64.9 cm³/mol. The van der Waals surface area contributed by atoms with Crippen LogP contribution >= 0.6 is 0 Å². The topological polar surface area (TPSA) is 58.9 Å². The summed E-state index contributed by atoms with van der Waals surface area (Å²) in [7, 11) is 0. The number of nitrogens with zero attached hydrogens (tertiary/aromatic N) is 1. The maximum absolute atomic E-state index is 11.6. The smallest absolute Gasteiger partial charge is 0.356 e. The second-order valence-corrected chi connectivity index (χ2v) is 4.21. The molecule has 0 atom stereocenters. The highest BCUT2D eigenvalue weighted by atomic mass is 16.5. The number of hydrogen-bond donors (Lipinski definition) is 1. The van der Waals surface area contributed by atoms with Crippen molar-refractivity contribution in [2.45, 2.75) is 26.9 Å². The lowest BCUT2D eigenvalue weighted by molar-refractivity contribution is -0.137. The molecule has 4 heteroatoms. The predicted octanol–water partition coefficient (Wildman–Crippen LogP) is 2.61. The largest absolute Gasteiger partial charge is 0.456 e. The van der Waals surface area contributed by atoms with Gasteiger partial charge in [-0.3, -0.25) is 0 Å². The van der Waals surface area contributed by atoms with Gasteiger partial charge in [0.15, 0.2) is 5.71 Å². The minimum absolute atomic E-state index is 0.0657. The quantitative estimate of drug-likeness (QED) is 0.369. The number of hydrogen-bond acceptors (Lipinski definition) is 4. The summed E-state index contributed by atoms with van der Waals surface area (Å²) in [6, 6.07) is 9.37. The summed E-state index contributed by atoms with van der Waals surface area (Å²) in [5, 5.41) is 11.7. The number of rotatable bonds is 5. The molecule has 0 radical (unpaired) electrons. The second kappa shape index (κ2) is 6.68. The van der Waals surface area contributed by atoms with E-state index in [1.807, 2.05) is 44.2 Å². The van der Waals surface area contributed by atoms with Crippen LogP contribution in [-0.2, 0) is 16.1 Å². The van der Waals surface area contributed by atoms with Crippen LogP contribution < -0.4 is 0 Å². The molecule has 1 aromatic carbocycles. The molecule has 17 heavy (non-hydrogen) atoms. The van der Waals surface area contributed by atoms with Gasteiger partial charge in [0.25, 0.3) is 0 Å². The molecule has 0 saturated heterocycles. The van der Waals surface area contributed by atoms with E-state index < -0.39 is 5.97 Å². The van der Waals surface area contributed by atoms with Gasteiger partial charge >= 0.3 is 5.97 Å². The molecule has 1 rings (SSSR count). The van der Waals surface area contributed by atoms with E-state index in [9.17, 15) is 4.79 Å². The van der Waals surface area contributed by atoms with Gasteiger partial charge in [-0.1, -0.05) is 49.3 Å². The van der Waals surface area contributed by atoms with E-state index in [0.29, 0.717) is 6.42 Å². The van der Waals surface area contributed by atoms with Crippen LogP contribution in [0.5, 0.6) is 0 Å². The lowest BCUT2D eigenvalue weighted by atomic mass is 10.1. The Kier molecular flexibility index (Phi) is 5.20. The molecule has 1 aromatic rings. The third-order valence-corrected chi connectivity index (χ3v) is 2.17. The third-order valence-electron chi connectivity index (χ3n) is 2.17. The zero-order chi connectivity index (χ0) is 12.7. The molecule has 0 fully saturated rings. The van der Waals surface area contributed by atoms with Gasteiger partial charge in [-0.05, 0) is 11.5 Å². The molecule has 0 heterocycles. The minimum Gasteiger partial charge on any atom is -0.456 e. The Balaban J connectivity index is 2.49. The van der Waals surface area contributed by atoms with Gasteiger partial charge in [-0.25, -0.2) is 4.79 Å². The lowest BCUT2D eigenvalue weighted by Crippen LogP contribution is -2.19. The second-order valence-electron chi connectivity index (χ2n) is 4.21. The average Bonchev–Trinajstić information content (AvgIpc) is 2.34. The highest BCUT2D eigenvalue weighted by Crippen LogP contribution is 2.05. The van der Waals surface area contributed by atoms with E-state index in [4.69, 9.17) is 9.94 Å². The van der Waals surface area contributed by atoms with E-state index in [-0.39, 0.29) is 18.2 Å². The Hall–Kier alpha value is -1.84. The number of ether oxygens (including phenoxy) is 1. The van der Waals surface area contributed by atoms with Gasteiger partial charge in [0.2, 0.25) is 0 Å². The molecule has 0 unspecified atom stereocenters. The first kappa shape index (κ1) is 13.2. The van der Waals surface area contributed by atoms with Crippen molar-refractivity contribution in [3.63, 3.8) is 0 Å². The van der Waals surface area contributed by atoms with Crippen molar-refractivity contribution in [3.05, 3.63) is 35.9 Å². The molecule has 0 saturated carbocycles. The molecule has 0 aliphatic carbocycles. The Morgan fingerprint density at radius 2 is 2.00 bits per heavy atom. The van der Waals surface area contributed by atoms with Gasteiger partial charge in [-0.2, -0.15) is 0 Å². The molecule has 0 amide bonds. The van der Waals surface area contributed by atoms with E-state index in [2.05, 4.69) is 5.16 Å². The van der Waals surface area contributed by atoms with Crippen molar-refractivity contribution in [3.8, 4) is 0 Å². The summed E-state index contributed by atoms with van der Waals surface area (Å²) < 4.78 is 5.05. The van der Waals surface area contributed by atoms with Gasteiger partial charge in [0, 0.05) is 6.42 Å². The molecule has 92 valence electrons. The zero-order valence-electron chi connectivity index (χ0n) is 10.1. The maximum atomic E-state index is 11.6. The van der Waals surface area contributed by atoms with Gasteiger partial charge in [0.1, 0.15) is 6.61 Å². The first-order chi connectivity index (χ1) is 8.13. The minimum atomic E-state index is -0.565. The van der Waals surface area contributed by atoms with E-state index >= 15 is 0 Å². The van der Waals surface area contributed by atoms with Gasteiger partial charge in [-0.15, -0.1) is 0 Å². The van der Waals surface area contributed by atoms with Crippen molar-refractivity contribution in [1.82, 2.24) is 0 Å². The number of benzene rings is 1. The molecular formula is C13H17NO3. The highest BCUT2D eigenvalue weighted by Gasteiger charge is 2.15. The van der Waals surface area contributed by atoms with Crippen LogP contribution in [0.1, 0.15) is 25.8 Å². The first-order valence-electron chi connectivity index (χ1n) is 5.55. The van der Waals surface area contributed by atoms with Crippen molar-refractivity contribution in [1.29, 1.82) is 0 Å². The monoisotopic (exact) mass is 235 g/mol. The Morgan fingerprint density at radius 3 is 2.53 bits per heavy atom. The van der Waals surface area contributed by atoms with Gasteiger partial charge < -0.3 is 9.94 Å². The molecule has 0 aliphatic rings. The van der Waals surface area contributed by atoms with Crippen LogP contribution in [0.25, 0.3) is 0 Å². The summed E-state index contributed by atoms with van der Waals surface area (Å²) in [5.74, 6) is -0.324. The molecule has 4 nitrogen and oxygen atoms in total. The Bertz CT molecular complexity index is 385. The summed E-state index contributed by atoms with van der Waals surface area (Å²) in [5.41, 5.74) is 0.971. The molecule has 0 aliphatic heterocycles. The third kappa shape index (κ3) is 4.68. The molecule has 1 N–H and O–H groups in total. The van der Waals surface area contributed by atoms with E-state index in [0.717, 1.165) is 5.56 Å². The summed E-state index contributed by atoms with van der Waals surface area (Å²) >= 11 is 0. The van der Waals surface area contributed by atoms with Crippen molar-refractivity contribution in [2.75, 3.05) is 0 Å². The molecule has 0 aromatic heterocycles. The van der Waals surface area contributed by atoms with Crippen LogP contribution in [-0.4, -0.2) is 16.9 Å². The van der Waals surface area contributed by atoms with Gasteiger partial charge in [0.05, 0.1) is 0 Å². The van der Waals surface area contributed by atoms with E-state index in [1.165, 1.54) is 0 Å². The normalized spacial score (nSPS) is 11.6. The molecular weight excluding hydrogens is 218 g/mol. The van der Waals surface area contributed by atoms with Crippen LogP contribution in [0.2, 0.25) is 0 Å². The van der Waals surface area contributed by atoms with Crippen molar-refractivity contribution in [2.24, 2.45) is 11.1 Å². The Morgan fingerprint density at radius 1 is 1.35 bits per heavy atom. The molecule has 0 spiro atoms. The summed E-state index contributed by atoms with van der Waals surface area (Å²) in [6.45, 7) is 4.07. The van der Waals surface area contributed by atoms with Crippen LogP contribution in [0.3, 0.4) is 0 Å². The highest BCUT2D eigenvalue weighted by molar-refractivity contribution is 6.36. The first-order valence-corrected chi connectivity index (χ1v) is 5.55. The fourth-order valence-electron chi connectivity index (χ4n) is 1.36. The zero-order valence-corrected chi connectivity index (χ0v) is 10.1. The van der Waals surface area contributed by atoms with Crippen LogP contribution in [0, 0.1) is 5.92 Å². The standard InChI is InChI=1S/C13H17NO3/c1-10(2)8-12(14-16)13(15)17-9-11-6-4-3-5-7-11/h3-7,10,16H,8-9H2,1-2H3. The van der Waals surface area contributed by atoms with Crippen molar-refractivity contribution >= 4 is 11.7 Å². The number of esters is 1. The fraction of sp³-hybridized carbons (Fsp3) is 0.385. The van der Waals surface area contributed by atoms with Crippen LogP contribution in [0.15, 0.2) is 35.5 Å². The fourth-order valence-corrected chi connectivity index (χ4v) is 1.36. The lowest BCUT2D eigenvalue weighted by Gasteiger charge is -2.07. The summed E-state index contributed by atoms with van der Waals surface area (Å²) in [6.07, 6.45) is 0.407. The molecule has 0 bridgehead atoms. The summed E-state index contributed by atoms with van der Waals surface area (Å²) in [4.78, 5) is 11.6. The van der Waals surface area contributed by atoms with E-state index in [1.54, 1.807) is 0 Å². The SMILES string of the molecule is CC(C)CC(=NO)C(=O)OCc1ccccc1. The number of oxime groups is 1. The Labute approximate surface area is 101 Å².